The van der Waals surface area contributed by atoms with Crippen LogP contribution >= 0.6 is 0 Å². The van der Waals surface area contributed by atoms with E-state index in [1.54, 1.807) is 54.6 Å². The van der Waals surface area contributed by atoms with Crippen molar-refractivity contribution in [1.82, 2.24) is 18.8 Å². The average Bonchev–Trinajstić information content (AvgIpc) is 3.62. The first-order valence-corrected chi connectivity index (χ1v) is 24.2. The summed E-state index contributed by atoms with van der Waals surface area (Å²) >= 11 is 0. The van der Waals surface area contributed by atoms with Crippen molar-refractivity contribution in [2.24, 2.45) is 0 Å². The first-order chi connectivity index (χ1) is 28.5. The van der Waals surface area contributed by atoms with Crippen molar-refractivity contribution >= 4 is 69.1 Å². The first kappa shape index (κ1) is 42.2. The van der Waals surface area contributed by atoms with E-state index in [2.05, 4.69) is 30.3 Å². The summed E-state index contributed by atoms with van der Waals surface area (Å²) < 4.78 is 82.7. The number of piperazine rings is 1. The molecular formula is C42H43F3N6O7SSi. The number of halogens is 3. The molecule has 6 aromatic rings. The number of carboxylic acid groups (broad SMARTS) is 1. The molecule has 1 aliphatic rings. The molecule has 0 saturated carbocycles. The van der Waals surface area contributed by atoms with E-state index >= 15 is 0 Å². The quantitative estimate of drug-likeness (QED) is 0.0761. The molecule has 1 fully saturated rings. The fraction of sp³-hybridized carbons (Fsp3) is 0.262. The Bertz CT molecular complexity index is 2660. The zero-order valence-electron chi connectivity index (χ0n) is 33.0. The van der Waals surface area contributed by atoms with Crippen molar-refractivity contribution in [3.8, 4) is 11.5 Å². The number of anilines is 3. The molecule has 3 heterocycles. The van der Waals surface area contributed by atoms with Crippen LogP contribution in [-0.2, 0) is 27.7 Å². The number of nitrogens with one attached hydrogen (secondary N) is 2. The third-order valence-corrected chi connectivity index (χ3v) is 13.6. The monoisotopic (exact) mass is 860 g/mol. The van der Waals surface area contributed by atoms with E-state index in [-0.39, 0.29) is 49.1 Å². The second-order valence-electron chi connectivity index (χ2n) is 15.5. The van der Waals surface area contributed by atoms with E-state index in [4.69, 9.17) is 14.5 Å². The average molecular weight is 861 g/mol. The largest absolute Gasteiger partial charge is 0.465 e. The standard InChI is InChI=1S/C42H43F3N6O7SSi/c1-60(2,3)24-23-57-27-50-18-17-35-37(26-38(48-39(35)50)46-29-13-15-31(16-14-29)59(55,56)51-21-19-49(20-22-51)41(53)54)58-36-12-6-9-32-33(36)10-5-11-34(32)40(52)47-30-8-4-7-28(25-30)42(43,44)45/h4-18,25-26H,19-24,27H2,1-3H3,(H,46,48)(H,47,52)(H,53,54). The number of nitrogens with zero attached hydrogens (tertiary/aromatic N) is 4. The molecule has 7 rings (SSSR count). The van der Waals surface area contributed by atoms with E-state index in [1.807, 2.05) is 16.8 Å². The van der Waals surface area contributed by atoms with Gasteiger partial charge in [-0.25, -0.2) is 18.2 Å². The van der Waals surface area contributed by atoms with Crippen LogP contribution < -0.4 is 15.4 Å². The third-order valence-electron chi connectivity index (χ3n) is 9.99. The number of rotatable bonds is 13. The number of aromatic nitrogens is 2. The summed E-state index contributed by atoms with van der Waals surface area (Å²) in [5.41, 5.74) is 0.429. The molecule has 60 heavy (non-hydrogen) atoms. The number of sulfonamides is 1. The summed E-state index contributed by atoms with van der Waals surface area (Å²) in [7, 11) is -5.21. The SMILES string of the molecule is C[Si](C)(C)CCOCn1ccc2c(Oc3cccc4c(C(=O)Nc5cccc(C(F)(F)F)c5)cccc34)cc(Nc3ccc(S(=O)(=O)N4CCN(C(=O)O)CC4)cc3)nc21. The number of pyridine rings is 1. The highest BCUT2D eigenvalue weighted by atomic mass is 32.2. The van der Waals surface area contributed by atoms with Crippen molar-refractivity contribution in [3.63, 3.8) is 0 Å². The number of hydrogen-bond donors (Lipinski definition) is 3. The molecule has 18 heteroatoms. The Morgan fingerprint density at radius 1 is 0.833 bits per heavy atom. The van der Waals surface area contributed by atoms with E-state index in [1.165, 1.54) is 33.5 Å². The number of benzene rings is 4. The lowest BCUT2D eigenvalue weighted by atomic mass is 10.0. The summed E-state index contributed by atoms with van der Waals surface area (Å²) in [5.74, 6) is 0.592. The number of carbonyl (C=O) groups excluding carboxylic acids is 1. The molecule has 0 aliphatic carbocycles. The van der Waals surface area contributed by atoms with E-state index in [9.17, 15) is 36.3 Å². The van der Waals surface area contributed by atoms with Gasteiger partial charge in [0.25, 0.3) is 5.91 Å². The second-order valence-corrected chi connectivity index (χ2v) is 23.1. The predicted octanol–water partition coefficient (Wildman–Crippen LogP) is 9.29. The lowest BCUT2D eigenvalue weighted by Gasteiger charge is -2.32. The molecule has 314 valence electrons. The molecule has 0 bridgehead atoms. The fourth-order valence-electron chi connectivity index (χ4n) is 6.71. The van der Waals surface area contributed by atoms with Gasteiger partial charge in [0.05, 0.1) is 15.8 Å². The second kappa shape index (κ2) is 17.0. The summed E-state index contributed by atoms with van der Waals surface area (Å²) in [6, 6.07) is 25.4. The van der Waals surface area contributed by atoms with Crippen LogP contribution in [-0.4, -0.2) is 85.1 Å². The topological polar surface area (TPSA) is 155 Å². The Balaban J connectivity index is 1.18. The molecule has 4 aromatic carbocycles. The molecular weight excluding hydrogens is 818 g/mol. The first-order valence-electron chi connectivity index (χ1n) is 19.1. The Kier molecular flexibility index (Phi) is 11.9. The number of ether oxygens (including phenoxy) is 2. The molecule has 0 atom stereocenters. The Morgan fingerprint density at radius 3 is 2.23 bits per heavy atom. The number of alkyl halides is 3. The van der Waals surface area contributed by atoms with Crippen LogP contribution in [0.25, 0.3) is 21.8 Å². The molecule has 2 aromatic heterocycles. The predicted molar refractivity (Wildman–Crippen MR) is 225 cm³/mol. The molecule has 3 N–H and O–H groups in total. The number of hydrogen-bond acceptors (Lipinski definition) is 8. The van der Waals surface area contributed by atoms with E-state index in [0.29, 0.717) is 51.4 Å². The van der Waals surface area contributed by atoms with Gasteiger partial charge in [0, 0.05) is 75.4 Å². The maximum absolute atomic E-state index is 13.5. The van der Waals surface area contributed by atoms with Gasteiger partial charge in [-0.05, 0) is 72.1 Å². The van der Waals surface area contributed by atoms with Crippen LogP contribution in [0.15, 0.2) is 108 Å². The highest BCUT2D eigenvalue weighted by Crippen LogP contribution is 2.38. The van der Waals surface area contributed by atoms with Crippen LogP contribution in [0, 0.1) is 0 Å². The molecule has 0 radical (unpaired) electrons. The minimum atomic E-state index is -4.57. The number of amides is 2. The Labute approximate surface area is 345 Å². The molecule has 2 amide bonds. The minimum absolute atomic E-state index is 0.000261. The van der Waals surface area contributed by atoms with Crippen molar-refractivity contribution in [2.45, 2.75) is 43.5 Å². The highest BCUT2D eigenvalue weighted by Gasteiger charge is 2.31. The van der Waals surface area contributed by atoms with Gasteiger partial charge in [-0.15, -0.1) is 0 Å². The fourth-order valence-corrected chi connectivity index (χ4v) is 8.89. The summed E-state index contributed by atoms with van der Waals surface area (Å²) in [6.07, 6.45) is -3.81. The van der Waals surface area contributed by atoms with Crippen molar-refractivity contribution in [2.75, 3.05) is 43.4 Å². The Hall–Kier alpha value is -5.95. The van der Waals surface area contributed by atoms with Gasteiger partial charge < -0.3 is 34.7 Å². The molecule has 1 saturated heterocycles. The molecule has 1 aliphatic heterocycles. The van der Waals surface area contributed by atoms with Gasteiger partial charge >= 0.3 is 12.3 Å². The van der Waals surface area contributed by atoms with Crippen LogP contribution in [0.2, 0.25) is 25.7 Å². The van der Waals surface area contributed by atoms with Crippen LogP contribution in [0.1, 0.15) is 15.9 Å². The van der Waals surface area contributed by atoms with E-state index < -0.39 is 41.8 Å². The Morgan fingerprint density at radius 2 is 1.53 bits per heavy atom. The highest BCUT2D eigenvalue weighted by molar-refractivity contribution is 7.89. The molecule has 0 spiro atoms. The number of fused-ring (bicyclic) bond motifs is 2. The van der Waals surface area contributed by atoms with Crippen LogP contribution in [0.5, 0.6) is 11.5 Å². The zero-order valence-corrected chi connectivity index (χ0v) is 34.8. The van der Waals surface area contributed by atoms with Gasteiger partial charge in [-0.3, -0.25) is 4.79 Å². The maximum Gasteiger partial charge on any atom is 0.416 e. The third kappa shape index (κ3) is 9.57. The molecule has 0 unspecified atom stereocenters. The van der Waals surface area contributed by atoms with Crippen molar-refractivity contribution in [1.29, 1.82) is 0 Å². The normalized spacial score (nSPS) is 14.1. The van der Waals surface area contributed by atoms with Gasteiger partial charge in [0.2, 0.25) is 10.0 Å². The van der Waals surface area contributed by atoms with Gasteiger partial charge in [0.15, 0.2) is 0 Å². The van der Waals surface area contributed by atoms with Crippen molar-refractivity contribution < 1.29 is 45.8 Å². The van der Waals surface area contributed by atoms with Crippen LogP contribution in [0.4, 0.5) is 35.2 Å². The summed E-state index contributed by atoms with van der Waals surface area (Å²) in [6.45, 7) is 7.89. The lowest BCUT2D eigenvalue weighted by Crippen LogP contribution is -2.50. The maximum atomic E-state index is 13.5. The van der Waals surface area contributed by atoms with Crippen LogP contribution in [0.3, 0.4) is 0 Å². The van der Waals surface area contributed by atoms with Gasteiger partial charge in [-0.2, -0.15) is 17.5 Å². The zero-order chi connectivity index (χ0) is 42.8. The summed E-state index contributed by atoms with van der Waals surface area (Å²) in [4.78, 5) is 30.9. The van der Waals surface area contributed by atoms with Gasteiger partial charge in [0.1, 0.15) is 29.7 Å². The number of carbonyl (C=O) groups is 2. The molecule has 13 nitrogen and oxygen atoms in total. The lowest BCUT2D eigenvalue weighted by molar-refractivity contribution is -0.137. The van der Waals surface area contributed by atoms with E-state index in [0.717, 1.165) is 18.2 Å². The van der Waals surface area contributed by atoms with Crippen molar-refractivity contribution in [3.05, 3.63) is 114 Å². The smallest absolute Gasteiger partial charge is 0.416 e. The van der Waals surface area contributed by atoms with Gasteiger partial charge in [-0.1, -0.05) is 50.0 Å². The summed E-state index contributed by atoms with van der Waals surface area (Å²) in [5, 5.41) is 16.8. The minimum Gasteiger partial charge on any atom is -0.465 e.